The average molecular weight is 552 g/mol. The van der Waals surface area contributed by atoms with Crippen LogP contribution in [0.4, 0.5) is 0 Å². The van der Waals surface area contributed by atoms with Crippen molar-refractivity contribution in [2.75, 3.05) is 6.54 Å². The number of aromatic hydroxyl groups is 1. The van der Waals surface area contributed by atoms with Gasteiger partial charge in [-0.25, -0.2) is 4.79 Å². The zero-order valence-electron chi connectivity index (χ0n) is 21.8. The number of phenolic OH excluding ortho intramolecular Hbond substituents is 1. The van der Waals surface area contributed by atoms with Gasteiger partial charge in [0, 0.05) is 6.54 Å². The van der Waals surface area contributed by atoms with Crippen molar-refractivity contribution < 1.29 is 39.3 Å². The number of benzene rings is 1. The molecule has 15 nitrogen and oxygen atoms in total. The van der Waals surface area contributed by atoms with E-state index in [2.05, 4.69) is 20.9 Å². The van der Waals surface area contributed by atoms with E-state index in [1.807, 2.05) is 0 Å². The molecule has 4 atom stereocenters. The first-order valence-corrected chi connectivity index (χ1v) is 12.2. The number of rotatable bonds is 16. The van der Waals surface area contributed by atoms with Gasteiger partial charge in [0.1, 0.15) is 23.9 Å². The summed E-state index contributed by atoms with van der Waals surface area (Å²) in [6.07, 6.45) is -0.390. The highest BCUT2D eigenvalue weighted by molar-refractivity contribution is 5.94. The van der Waals surface area contributed by atoms with E-state index in [4.69, 9.17) is 22.3 Å². The molecule has 1 rings (SSSR count). The molecule has 216 valence electrons. The van der Waals surface area contributed by atoms with Crippen molar-refractivity contribution in [1.29, 1.82) is 0 Å². The summed E-state index contributed by atoms with van der Waals surface area (Å²) in [4.78, 5) is 64.9. The van der Waals surface area contributed by atoms with E-state index in [-0.39, 0.29) is 37.5 Å². The van der Waals surface area contributed by atoms with Crippen molar-refractivity contribution in [2.24, 2.45) is 28.1 Å². The number of hydrogen-bond acceptors (Lipinski definition) is 8. The molecule has 1 aromatic rings. The maximum absolute atomic E-state index is 13.2. The number of nitrogens with zero attached hydrogens (tertiary/aromatic N) is 1. The predicted octanol–water partition coefficient (Wildman–Crippen LogP) is -2.01. The van der Waals surface area contributed by atoms with E-state index in [9.17, 15) is 34.2 Å². The van der Waals surface area contributed by atoms with E-state index in [1.54, 1.807) is 26.0 Å². The Labute approximate surface area is 225 Å². The normalized spacial score (nSPS) is 13.8. The van der Waals surface area contributed by atoms with Crippen molar-refractivity contribution in [3.63, 3.8) is 0 Å². The predicted molar refractivity (Wildman–Crippen MR) is 140 cm³/mol. The molecule has 0 heterocycles. The number of aliphatic carboxylic acids is 2. The molecule has 0 saturated heterocycles. The molecular formula is C24H37N7O8. The van der Waals surface area contributed by atoms with Gasteiger partial charge in [0.25, 0.3) is 0 Å². The molecule has 0 aliphatic heterocycles. The number of nitrogens with one attached hydrogen (secondary N) is 3. The van der Waals surface area contributed by atoms with Crippen LogP contribution >= 0.6 is 0 Å². The second-order valence-electron chi connectivity index (χ2n) is 9.21. The molecule has 0 aliphatic rings. The van der Waals surface area contributed by atoms with Gasteiger partial charge in [-0.1, -0.05) is 26.0 Å². The summed E-state index contributed by atoms with van der Waals surface area (Å²) in [7, 11) is 0. The smallest absolute Gasteiger partial charge is 0.326 e. The molecule has 0 aromatic heterocycles. The van der Waals surface area contributed by atoms with Crippen LogP contribution in [0.15, 0.2) is 29.3 Å². The lowest BCUT2D eigenvalue weighted by Crippen LogP contribution is -2.58. The SMILES string of the molecule is CC(C)C(NC(=O)C(CCCN=C(N)N)NC(=O)C(N)Cc1ccc(O)cc1)C(=O)NC(CC(=O)O)C(=O)O. The summed E-state index contributed by atoms with van der Waals surface area (Å²) in [6, 6.07) is 0.951. The second kappa shape index (κ2) is 15.8. The van der Waals surface area contributed by atoms with Gasteiger partial charge in [0.2, 0.25) is 17.7 Å². The number of carboxylic acid groups (broad SMARTS) is 2. The number of carbonyl (C=O) groups is 5. The van der Waals surface area contributed by atoms with Crippen LogP contribution in [0.5, 0.6) is 5.75 Å². The third-order valence-corrected chi connectivity index (χ3v) is 5.55. The third kappa shape index (κ3) is 12.1. The van der Waals surface area contributed by atoms with Gasteiger partial charge in [-0.05, 0) is 42.9 Å². The monoisotopic (exact) mass is 551 g/mol. The van der Waals surface area contributed by atoms with Crippen molar-refractivity contribution >= 4 is 35.6 Å². The molecule has 3 amide bonds. The molecule has 0 spiro atoms. The summed E-state index contributed by atoms with van der Waals surface area (Å²) in [5.74, 6) is -5.90. The topological polar surface area (TPSA) is 273 Å². The van der Waals surface area contributed by atoms with Crippen LogP contribution in [-0.4, -0.2) is 81.7 Å². The van der Waals surface area contributed by atoms with Crippen molar-refractivity contribution in [3.8, 4) is 5.75 Å². The highest BCUT2D eigenvalue weighted by Gasteiger charge is 2.32. The van der Waals surface area contributed by atoms with Gasteiger partial charge in [-0.2, -0.15) is 0 Å². The first kappa shape index (κ1) is 32.6. The molecule has 0 saturated carbocycles. The second-order valence-corrected chi connectivity index (χ2v) is 9.21. The molecule has 0 radical (unpaired) electrons. The number of nitrogens with two attached hydrogens (primary N) is 3. The van der Waals surface area contributed by atoms with Gasteiger partial charge in [-0.3, -0.25) is 24.2 Å². The zero-order chi connectivity index (χ0) is 29.7. The lowest BCUT2D eigenvalue weighted by Gasteiger charge is -2.27. The van der Waals surface area contributed by atoms with E-state index >= 15 is 0 Å². The average Bonchev–Trinajstić information content (AvgIpc) is 2.84. The molecular weight excluding hydrogens is 514 g/mol. The van der Waals surface area contributed by atoms with Crippen molar-refractivity contribution in [1.82, 2.24) is 16.0 Å². The molecule has 4 unspecified atom stereocenters. The Kier molecular flexibility index (Phi) is 13.2. The fraction of sp³-hybridized carbons (Fsp3) is 0.500. The van der Waals surface area contributed by atoms with Gasteiger partial charge >= 0.3 is 11.9 Å². The number of carboxylic acids is 2. The van der Waals surface area contributed by atoms with Crippen molar-refractivity contribution in [3.05, 3.63) is 29.8 Å². The molecule has 0 aliphatic carbocycles. The minimum absolute atomic E-state index is 0.0515. The molecule has 1 aromatic carbocycles. The Balaban J connectivity index is 3.01. The molecule has 0 fully saturated rings. The largest absolute Gasteiger partial charge is 0.508 e. The Morgan fingerprint density at radius 2 is 1.49 bits per heavy atom. The van der Waals surface area contributed by atoms with Gasteiger partial charge in [0.15, 0.2) is 5.96 Å². The molecule has 0 bridgehead atoms. The summed E-state index contributed by atoms with van der Waals surface area (Å²) in [6.45, 7) is 3.35. The first-order valence-electron chi connectivity index (χ1n) is 12.2. The Hall–Kier alpha value is -4.40. The van der Waals surface area contributed by atoms with Crippen LogP contribution < -0.4 is 33.2 Å². The number of guanidine groups is 1. The maximum Gasteiger partial charge on any atom is 0.326 e. The summed E-state index contributed by atoms with van der Waals surface area (Å²) in [5, 5.41) is 34.7. The number of amides is 3. The fourth-order valence-electron chi connectivity index (χ4n) is 3.45. The number of phenols is 1. The van der Waals surface area contributed by atoms with Gasteiger partial charge in [0.05, 0.1) is 12.5 Å². The Morgan fingerprint density at radius 3 is 2.00 bits per heavy atom. The summed E-state index contributed by atoms with van der Waals surface area (Å²) < 4.78 is 0. The Morgan fingerprint density at radius 1 is 0.897 bits per heavy atom. The van der Waals surface area contributed by atoms with Gasteiger partial charge < -0.3 is 48.5 Å². The minimum Gasteiger partial charge on any atom is -0.508 e. The minimum atomic E-state index is -1.71. The number of carbonyl (C=O) groups excluding carboxylic acids is 3. The van der Waals surface area contributed by atoms with E-state index in [0.717, 1.165) is 0 Å². The third-order valence-electron chi connectivity index (χ3n) is 5.55. The van der Waals surface area contributed by atoms with E-state index < -0.39 is 66.2 Å². The van der Waals surface area contributed by atoms with E-state index in [1.165, 1.54) is 12.1 Å². The highest BCUT2D eigenvalue weighted by atomic mass is 16.4. The maximum atomic E-state index is 13.2. The summed E-state index contributed by atoms with van der Waals surface area (Å²) >= 11 is 0. The van der Waals surface area contributed by atoms with Crippen LogP contribution in [0.25, 0.3) is 0 Å². The number of hydrogen-bond donors (Lipinski definition) is 9. The van der Waals surface area contributed by atoms with Crippen LogP contribution in [-0.2, 0) is 30.4 Å². The first-order chi connectivity index (χ1) is 18.2. The standard InChI is InChI=1S/C24H37N7O8/c1-12(2)19(22(37)30-17(23(38)39)11-18(33)34)31-21(36)16(4-3-9-28-24(26)27)29-20(35)15(25)10-13-5-7-14(32)8-6-13/h5-8,12,15-17,19,32H,3-4,9-11,25H2,1-2H3,(H,29,35)(H,30,37)(H,31,36)(H,33,34)(H,38,39)(H4,26,27,28). The van der Waals surface area contributed by atoms with Crippen molar-refractivity contribution in [2.45, 2.75) is 63.7 Å². The van der Waals surface area contributed by atoms with Crippen LogP contribution in [0.1, 0.15) is 38.7 Å². The number of aliphatic imine (C=N–C) groups is 1. The summed E-state index contributed by atoms with van der Waals surface area (Å²) in [5.41, 5.74) is 17.3. The van der Waals surface area contributed by atoms with Crippen LogP contribution in [0.3, 0.4) is 0 Å². The molecule has 39 heavy (non-hydrogen) atoms. The molecule has 15 heteroatoms. The zero-order valence-corrected chi connectivity index (χ0v) is 21.8. The Bertz CT molecular complexity index is 1040. The van der Waals surface area contributed by atoms with E-state index in [0.29, 0.717) is 5.56 Å². The van der Waals surface area contributed by atoms with Crippen LogP contribution in [0, 0.1) is 5.92 Å². The fourth-order valence-corrected chi connectivity index (χ4v) is 3.45. The highest BCUT2D eigenvalue weighted by Crippen LogP contribution is 2.11. The quantitative estimate of drug-likeness (QED) is 0.0614. The van der Waals surface area contributed by atoms with Crippen LogP contribution in [0.2, 0.25) is 0 Å². The lowest BCUT2D eigenvalue weighted by molar-refractivity contribution is -0.147. The lowest BCUT2D eigenvalue weighted by atomic mass is 10.0. The molecule has 12 N–H and O–H groups in total. The van der Waals surface area contributed by atoms with Gasteiger partial charge in [-0.15, -0.1) is 0 Å².